The molecule has 0 aliphatic carbocycles. The molecule has 0 saturated heterocycles. The van der Waals surface area contributed by atoms with Crippen LogP contribution in [0.2, 0.25) is 0 Å². The van der Waals surface area contributed by atoms with Crippen molar-refractivity contribution in [1.29, 1.82) is 0 Å². The van der Waals surface area contributed by atoms with Crippen LogP contribution in [0.4, 0.5) is 5.69 Å². The van der Waals surface area contributed by atoms with Crippen LogP contribution in [-0.2, 0) is 6.54 Å². The lowest BCUT2D eigenvalue weighted by Gasteiger charge is -2.28. The molecule has 118 valence electrons. The number of pyridine rings is 1. The van der Waals surface area contributed by atoms with Gasteiger partial charge in [-0.05, 0) is 51.0 Å². The van der Waals surface area contributed by atoms with E-state index in [0.717, 1.165) is 16.8 Å². The van der Waals surface area contributed by atoms with Gasteiger partial charge < -0.3 is 4.90 Å². The Morgan fingerprint density at radius 2 is 1.50 bits per heavy atom. The molecule has 0 aliphatic heterocycles. The van der Waals surface area contributed by atoms with Crippen molar-refractivity contribution in [2.24, 2.45) is 0 Å². The summed E-state index contributed by atoms with van der Waals surface area (Å²) in [6.45, 7) is 9.84. The predicted molar refractivity (Wildman–Crippen MR) is 98.7 cm³/mol. The molecular formula is C19H25BrN2. The Bertz CT molecular complexity index is 609. The fraction of sp³-hybridized carbons (Fsp3) is 0.421. The number of halogens is 1. The summed E-state index contributed by atoms with van der Waals surface area (Å²) < 4.78 is 0.889. The number of aromatic nitrogens is 1. The number of anilines is 1. The van der Waals surface area contributed by atoms with E-state index in [-0.39, 0.29) is 0 Å². The van der Waals surface area contributed by atoms with Crippen molar-refractivity contribution >= 4 is 21.6 Å². The third-order valence-electron chi connectivity index (χ3n) is 3.90. The van der Waals surface area contributed by atoms with Crippen molar-refractivity contribution in [2.75, 3.05) is 11.9 Å². The van der Waals surface area contributed by atoms with Crippen LogP contribution >= 0.6 is 15.9 Å². The van der Waals surface area contributed by atoms with Gasteiger partial charge in [0.2, 0.25) is 0 Å². The van der Waals surface area contributed by atoms with E-state index < -0.39 is 0 Å². The highest BCUT2D eigenvalue weighted by atomic mass is 79.9. The number of hydrogen-bond acceptors (Lipinski definition) is 2. The Morgan fingerprint density at radius 3 is 2.00 bits per heavy atom. The number of nitrogens with zero attached hydrogens (tertiary/aromatic N) is 2. The van der Waals surface area contributed by atoms with Gasteiger partial charge in [0.1, 0.15) is 4.60 Å². The fourth-order valence-corrected chi connectivity index (χ4v) is 3.19. The Hall–Kier alpha value is -1.35. The predicted octanol–water partition coefficient (Wildman–Crippen LogP) is 5.73. The maximum absolute atomic E-state index is 4.56. The SMILES string of the molecule is CC(C)c1cccc(C(C)C)c1N(C)Cc1cccc(Br)n1. The summed E-state index contributed by atoms with van der Waals surface area (Å²) in [6, 6.07) is 12.8. The second kappa shape index (κ2) is 7.28. The average Bonchev–Trinajstić information content (AvgIpc) is 2.46. The first-order valence-electron chi connectivity index (χ1n) is 7.85. The molecule has 3 heteroatoms. The normalized spacial score (nSPS) is 11.3. The van der Waals surface area contributed by atoms with Crippen LogP contribution in [0, 0.1) is 0 Å². The molecule has 0 radical (unpaired) electrons. The molecule has 2 nitrogen and oxygen atoms in total. The van der Waals surface area contributed by atoms with Crippen LogP contribution < -0.4 is 4.90 Å². The molecule has 2 aromatic rings. The van der Waals surface area contributed by atoms with Crippen molar-refractivity contribution in [1.82, 2.24) is 4.98 Å². The summed E-state index contributed by atoms with van der Waals surface area (Å²) >= 11 is 3.45. The third-order valence-corrected chi connectivity index (χ3v) is 4.34. The van der Waals surface area contributed by atoms with Crippen LogP contribution in [0.5, 0.6) is 0 Å². The van der Waals surface area contributed by atoms with Gasteiger partial charge in [-0.15, -0.1) is 0 Å². The molecule has 0 unspecified atom stereocenters. The van der Waals surface area contributed by atoms with Crippen LogP contribution in [0.15, 0.2) is 41.0 Å². The zero-order chi connectivity index (χ0) is 16.3. The summed E-state index contributed by atoms with van der Waals surface area (Å²) in [7, 11) is 2.16. The first-order valence-corrected chi connectivity index (χ1v) is 8.64. The molecule has 0 N–H and O–H groups in total. The van der Waals surface area contributed by atoms with Gasteiger partial charge in [-0.3, -0.25) is 0 Å². The van der Waals surface area contributed by atoms with E-state index in [0.29, 0.717) is 11.8 Å². The van der Waals surface area contributed by atoms with Gasteiger partial charge in [0, 0.05) is 12.7 Å². The average molecular weight is 361 g/mol. The zero-order valence-electron chi connectivity index (χ0n) is 14.1. The Labute approximate surface area is 142 Å². The Balaban J connectivity index is 2.41. The number of hydrogen-bond donors (Lipinski definition) is 0. The first kappa shape index (κ1) is 17.0. The lowest BCUT2D eigenvalue weighted by atomic mass is 9.92. The molecular weight excluding hydrogens is 336 g/mol. The molecule has 0 atom stereocenters. The van der Waals surface area contributed by atoms with Gasteiger partial charge >= 0.3 is 0 Å². The molecule has 0 saturated carbocycles. The number of rotatable bonds is 5. The highest BCUT2D eigenvalue weighted by molar-refractivity contribution is 9.10. The minimum atomic E-state index is 0.506. The van der Waals surface area contributed by atoms with Crippen LogP contribution in [0.1, 0.15) is 56.4 Å². The molecule has 0 fully saturated rings. The van der Waals surface area contributed by atoms with Crippen molar-refractivity contribution < 1.29 is 0 Å². The zero-order valence-corrected chi connectivity index (χ0v) is 15.7. The highest BCUT2D eigenvalue weighted by Crippen LogP contribution is 2.35. The van der Waals surface area contributed by atoms with Crippen LogP contribution in [0.3, 0.4) is 0 Å². The highest BCUT2D eigenvalue weighted by Gasteiger charge is 2.17. The minimum Gasteiger partial charge on any atom is -0.368 e. The quantitative estimate of drug-likeness (QED) is 0.633. The van der Waals surface area contributed by atoms with E-state index >= 15 is 0 Å². The molecule has 0 spiro atoms. The van der Waals surface area contributed by atoms with E-state index in [1.54, 1.807) is 0 Å². The summed E-state index contributed by atoms with van der Waals surface area (Å²) in [5.74, 6) is 1.01. The van der Waals surface area contributed by atoms with Gasteiger partial charge in [-0.1, -0.05) is 52.0 Å². The molecule has 0 amide bonds. The maximum atomic E-state index is 4.56. The molecule has 2 rings (SSSR count). The topological polar surface area (TPSA) is 16.1 Å². The maximum Gasteiger partial charge on any atom is 0.106 e. The van der Waals surface area contributed by atoms with E-state index in [4.69, 9.17) is 0 Å². The first-order chi connectivity index (χ1) is 10.4. The van der Waals surface area contributed by atoms with Crippen LogP contribution in [-0.4, -0.2) is 12.0 Å². The van der Waals surface area contributed by atoms with Gasteiger partial charge in [0.25, 0.3) is 0 Å². The molecule has 1 aromatic heterocycles. The van der Waals surface area contributed by atoms with Gasteiger partial charge in [-0.25, -0.2) is 4.98 Å². The van der Waals surface area contributed by atoms with Crippen molar-refractivity contribution in [3.05, 3.63) is 57.8 Å². The standard InChI is InChI=1S/C19H25BrN2/c1-13(2)16-9-7-10-17(14(3)4)19(16)22(5)12-15-8-6-11-18(20)21-15/h6-11,13-14H,12H2,1-5H3. The van der Waals surface area contributed by atoms with Gasteiger partial charge in [0.15, 0.2) is 0 Å². The number of para-hydroxylation sites is 1. The van der Waals surface area contributed by atoms with Crippen molar-refractivity contribution in [2.45, 2.75) is 46.1 Å². The second-order valence-corrected chi connectivity index (χ2v) is 7.21. The summed E-state index contributed by atoms with van der Waals surface area (Å²) in [6.07, 6.45) is 0. The molecule has 1 aromatic carbocycles. The molecule has 22 heavy (non-hydrogen) atoms. The number of benzene rings is 1. The summed E-state index contributed by atoms with van der Waals surface area (Å²) in [5.41, 5.74) is 5.24. The van der Waals surface area contributed by atoms with E-state index in [9.17, 15) is 0 Å². The Morgan fingerprint density at radius 1 is 0.955 bits per heavy atom. The fourth-order valence-electron chi connectivity index (χ4n) is 2.81. The Kier molecular flexibility index (Phi) is 5.63. The second-order valence-electron chi connectivity index (χ2n) is 6.40. The third kappa shape index (κ3) is 3.89. The smallest absolute Gasteiger partial charge is 0.106 e. The lowest BCUT2D eigenvalue weighted by Crippen LogP contribution is -2.21. The molecule has 0 aliphatic rings. The van der Waals surface area contributed by atoms with E-state index in [1.807, 2.05) is 12.1 Å². The van der Waals surface area contributed by atoms with Crippen molar-refractivity contribution in [3.8, 4) is 0 Å². The van der Waals surface area contributed by atoms with Crippen molar-refractivity contribution in [3.63, 3.8) is 0 Å². The van der Waals surface area contributed by atoms with Gasteiger partial charge in [-0.2, -0.15) is 0 Å². The lowest BCUT2D eigenvalue weighted by molar-refractivity contribution is 0.793. The van der Waals surface area contributed by atoms with E-state index in [1.165, 1.54) is 16.8 Å². The minimum absolute atomic E-state index is 0.506. The largest absolute Gasteiger partial charge is 0.368 e. The van der Waals surface area contributed by atoms with Crippen LogP contribution in [0.25, 0.3) is 0 Å². The van der Waals surface area contributed by atoms with E-state index in [2.05, 4.69) is 84.8 Å². The molecule has 0 bridgehead atoms. The summed E-state index contributed by atoms with van der Waals surface area (Å²) in [5, 5.41) is 0. The molecule has 1 heterocycles. The monoisotopic (exact) mass is 360 g/mol. The van der Waals surface area contributed by atoms with Gasteiger partial charge in [0.05, 0.1) is 12.2 Å². The summed E-state index contributed by atoms with van der Waals surface area (Å²) in [4.78, 5) is 6.90.